The molecule has 0 radical (unpaired) electrons. The van der Waals surface area contributed by atoms with Gasteiger partial charge in [0.25, 0.3) is 11.7 Å². The molecule has 2 heterocycles. The number of carbonyl (C=O) groups excluding carboxylic acids is 2. The topological polar surface area (TPSA) is 87.1 Å². The van der Waals surface area contributed by atoms with Gasteiger partial charge in [-0.05, 0) is 60.2 Å². The standard InChI is InChI=1S/C27H26ClNO5S/c1-5-34-20-11-8-15(13-17(20)27(2,3)4)24(31)22-23(21-7-6-12-35-21)29(26(33)25(22)32)18-14-16(28)9-10-19(18)30/h6-14,23,30-31H,5H2,1-4H3/b24-22-. The Kier molecular flexibility index (Phi) is 6.66. The third-order valence-electron chi connectivity index (χ3n) is 5.81. The van der Waals surface area contributed by atoms with Gasteiger partial charge in [0.2, 0.25) is 0 Å². The lowest BCUT2D eigenvalue weighted by molar-refractivity contribution is -0.132. The summed E-state index contributed by atoms with van der Waals surface area (Å²) < 4.78 is 5.78. The van der Waals surface area contributed by atoms with E-state index in [2.05, 4.69) is 0 Å². The molecule has 0 aliphatic carbocycles. The predicted octanol–water partition coefficient (Wildman–Crippen LogP) is 6.43. The number of ketones is 1. The van der Waals surface area contributed by atoms with E-state index in [1.807, 2.05) is 33.1 Å². The van der Waals surface area contributed by atoms with Gasteiger partial charge in [0.05, 0.1) is 17.9 Å². The number of phenols is 1. The maximum Gasteiger partial charge on any atom is 0.300 e. The fraction of sp³-hybridized carbons (Fsp3) is 0.259. The molecule has 2 N–H and O–H groups in total. The van der Waals surface area contributed by atoms with Crippen LogP contribution in [0.15, 0.2) is 59.5 Å². The summed E-state index contributed by atoms with van der Waals surface area (Å²) in [5.41, 5.74) is 0.998. The first kappa shape index (κ1) is 24.8. The Balaban J connectivity index is 1.94. The number of halogens is 1. The highest BCUT2D eigenvalue weighted by atomic mass is 35.5. The van der Waals surface area contributed by atoms with E-state index in [0.717, 1.165) is 5.56 Å². The van der Waals surface area contributed by atoms with Crippen molar-refractivity contribution in [3.63, 3.8) is 0 Å². The van der Waals surface area contributed by atoms with Crippen LogP contribution >= 0.6 is 22.9 Å². The zero-order valence-corrected chi connectivity index (χ0v) is 21.4. The molecule has 1 amide bonds. The van der Waals surface area contributed by atoms with Crippen LogP contribution < -0.4 is 9.64 Å². The second-order valence-corrected chi connectivity index (χ2v) is 10.6. The van der Waals surface area contributed by atoms with Crippen LogP contribution in [0.1, 0.15) is 49.7 Å². The fourth-order valence-corrected chi connectivity index (χ4v) is 5.18. The molecule has 3 aromatic rings. The quantitative estimate of drug-likeness (QED) is 0.234. The molecule has 0 spiro atoms. The number of carbonyl (C=O) groups is 2. The Hall–Kier alpha value is -3.29. The van der Waals surface area contributed by atoms with Crippen molar-refractivity contribution < 1.29 is 24.5 Å². The van der Waals surface area contributed by atoms with E-state index in [1.54, 1.807) is 30.3 Å². The van der Waals surface area contributed by atoms with E-state index in [9.17, 15) is 19.8 Å². The normalized spacial score (nSPS) is 17.7. The molecule has 1 fully saturated rings. The van der Waals surface area contributed by atoms with Gasteiger partial charge in [-0.15, -0.1) is 11.3 Å². The van der Waals surface area contributed by atoms with Crippen molar-refractivity contribution in [2.45, 2.75) is 39.2 Å². The number of Topliss-reactive ketones (excluding diaryl/α,β-unsaturated/α-hetero) is 1. The molecule has 1 unspecified atom stereocenters. The first-order valence-electron chi connectivity index (χ1n) is 11.1. The number of hydrogen-bond acceptors (Lipinski definition) is 6. The van der Waals surface area contributed by atoms with Gasteiger partial charge in [-0.25, -0.2) is 0 Å². The Morgan fingerprint density at radius 1 is 1.14 bits per heavy atom. The van der Waals surface area contributed by atoms with Crippen LogP contribution in [0.4, 0.5) is 5.69 Å². The molecule has 182 valence electrons. The van der Waals surface area contributed by atoms with Crippen LogP contribution in [-0.4, -0.2) is 28.5 Å². The summed E-state index contributed by atoms with van der Waals surface area (Å²) in [7, 11) is 0. The van der Waals surface area contributed by atoms with Crippen LogP contribution in [0.5, 0.6) is 11.5 Å². The average molecular weight is 512 g/mol. The van der Waals surface area contributed by atoms with Crippen molar-refractivity contribution in [2.75, 3.05) is 11.5 Å². The van der Waals surface area contributed by atoms with E-state index in [4.69, 9.17) is 16.3 Å². The van der Waals surface area contributed by atoms with E-state index < -0.39 is 17.7 Å². The van der Waals surface area contributed by atoms with Crippen molar-refractivity contribution in [2.24, 2.45) is 0 Å². The third kappa shape index (κ3) is 4.54. The van der Waals surface area contributed by atoms with Crippen LogP contribution in [0.25, 0.3) is 5.76 Å². The van der Waals surface area contributed by atoms with E-state index in [0.29, 0.717) is 27.8 Å². The predicted molar refractivity (Wildman–Crippen MR) is 139 cm³/mol. The first-order chi connectivity index (χ1) is 16.5. The molecule has 1 aromatic heterocycles. The lowest BCUT2D eigenvalue weighted by atomic mass is 9.84. The summed E-state index contributed by atoms with van der Waals surface area (Å²) in [6, 6.07) is 12.2. The summed E-state index contributed by atoms with van der Waals surface area (Å²) >= 11 is 7.48. The number of rotatable bonds is 5. The van der Waals surface area contributed by atoms with Gasteiger partial charge in [0.1, 0.15) is 23.3 Å². The zero-order chi connectivity index (χ0) is 25.5. The Morgan fingerprint density at radius 3 is 2.51 bits per heavy atom. The van der Waals surface area contributed by atoms with Gasteiger partial charge >= 0.3 is 0 Å². The number of aromatic hydroxyl groups is 1. The summed E-state index contributed by atoms with van der Waals surface area (Å²) in [6.45, 7) is 8.47. The Bertz CT molecular complexity index is 1320. The SMILES string of the molecule is CCOc1ccc(/C(O)=C2/C(=O)C(=O)N(c3cc(Cl)ccc3O)C2c2cccs2)cc1C(C)(C)C. The van der Waals surface area contributed by atoms with Gasteiger partial charge in [-0.3, -0.25) is 14.5 Å². The smallest absolute Gasteiger partial charge is 0.300 e. The number of ether oxygens (including phenoxy) is 1. The molecule has 1 atom stereocenters. The summed E-state index contributed by atoms with van der Waals surface area (Å²) in [5.74, 6) is -1.50. The van der Waals surface area contributed by atoms with Gasteiger partial charge in [-0.2, -0.15) is 0 Å². The minimum atomic E-state index is -0.927. The summed E-state index contributed by atoms with van der Waals surface area (Å²) in [5, 5.41) is 24.1. The molecule has 35 heavy (non-hydrogen) atoms. The molecule has 8 heteroatoms. The minimum absolute atomic E-state index is 0.0548. The first-order valence-corrected chi connectivity index (χ1v) is 12.4. The van der Waals surface area contributed by atoms with Crippen molar-refractivity contribution in [1.82, 2.24) is 0 Å². The van der Waals surface area contributed by atoms with Crippen molar-refractivity contribution in [1.29, 1.82) is 0 Å². The average Bonchev–Trinajstić information content (AvgIpc) is 3.42. The maximum atomic E-state index is 13.3. The highest BCUT2D eigenvalue weighted by Gasteiger charge is 2.48. The number of phenolic OH excluding ortho intramolecular Hbond substituents is 1. The molecular weight excluding hydrogens is 486 g/mol. The number of hydrogen-bond donors (Lipinski definition) is 2. The molecule has 0 bridgehead atoms. The number of nitrogens with zero attached hydrogens (tertiary/aromatic N) is 1. The van der Waals surface area contributed by atoms with E-state index in [-0.39, 0.29) is 28.2 Å². The molecule has 1 aliphatic rings. The van der Waals surface area contributed by atoms with Crippen LogP contribution in [0.3, 0.4) is 0 Å². The third-order valence-corrected chi connectivity index (χ3v) is 6.97. The molecule has 6 nitrogen and oxygen atoms in total. The zero-order valence-electron chi connectivity index (χ0n) is 19.8. The van der Waals surface area contributed by atoms with Crippen LogP contribution in [0.2, 0.25) is 5.02 Å². The second kappa shape index (κ2) is 9.40. The van der Waals surface area contributed by atoms with Gasteiger partial charge < -0.3 is 14.9 Å². The maximum absolute atomic E-state index is 13.3. The number of thiophene rings is 1. The largest absolute Gasteiger partial charge is 0.507 e. The highest BCUT2D eigenvalue weighted by Crippen LogP contribution is 2.47. The number of anilines is 1. The number of aliphatic hydroxyl groups is 1. The summed E-state index contributed by atoms with van der Waals surface area (Å²) in [4.78, 5) is 28.4. The number of benzene rings is 2. The summed E-state index contributed by atoms with van der Waals surface area (Å²) in [6.07, 6.45) is 0. The van der Waals surface area contributed by atoms with Crippen molar-refractivity contribution >= 4 is 46.1 Å². The Morgan fingerprint density at radius 2 is 1.89 bits per heavy atom. The van der Waals surface area contributed by atoms with Crippen molar-refractivity contribution in [3.05, 3.63) is 80.5 Å². The van der Waals surface area contributed by atoms with Crippen LogP contribution in [0, 0.1) is 0 Å². The molecule has 1 saturated heterocycles. The fourth-order valence-electron chi connectivity index (χ4n) is 4.19. The van der Waals surface area contributed by atoms with Crippen molar-refractivity contribution in [3.8, 4) is 11.5 Å². The monoisotopic (exact) mass is 511 g/mol. The molecule has 4 rings (SSSR count). The minimum Gasteiger partial charge on any atom is -0.507 e. The highest BCUT2D eigenvalue weighted by molar-refractivity contribution is 7.10. The second-order valence-electron chi connectivity index (χ2n) is 9.21. The molecule has 1 aliphatic heterocycles. The molecule has 2 aromatic carbocycles. The van der Waals surface area contributed by atoms with E-state index in [1.165, 1.54) is 34.4 Å². The van der Waals surface area contributed by atoms with Gasteiger partial charge in [0, 0.05) is 21.0 Å². The molecular formula is C27H26ClNO5S. The van der Waals surface area contributed by atoms with Gasteiger partial charge in [0.15, 0.2) is 0 Å². The van der Waals surface area contributed by atoms with Crippen LogP contribution in [-0.2, 0) is 15.0 Å². The van der Waals surface area contributed by atoms with E-state index >= 15 is 0 Å². The lowest BCUT2D eigenvalue weighted by Crippen LogP contribution is -2.29. The van der Waals surface area contributed by atoms with Gasteiger partial charge in [-0.1, -0.05) is 38.4 Å². The number of aliphatic hydroxyl groups excluding tert-OH is 1. The Labute approximate surface area is 213 Å². The lowest BCUT2D eigenvalue weighted by Gasteiger charge is -2.25. The number of amides is 1. The molecule has 0 saturated carbocycles.